The smallest absolute Gasteiger partial charge is 0.244 e. The number of benzene rings is 1. The van der Waals surface area contributed by atoms with Crippen LogP contribution in [0.5, 0.6) is 0 Å². The minimum Gasteiger partial charge on any atom is -0.325 e. The van der Waals surface area contributed by atoms with Gasteiger partial charge in [0.25, 0.3) is 0 Å². The minimum atomic E-state index is -0.715. The first-order valence-electron chi connectivity index (χ1n) is 11.2. The van der Waals surface area contributed by atoms with Crippen LogP contribution < -0.4 is 10.2 Å². The molecule has 1 aromatic carbocycles. The molecule has 0 bridgehead atoms. The van der Waals surface area contributed by atoms with E-state index in [1.165, 1.54) is 4.90 Å². The number of carbonyl (C=O) groups is 3. The average molecular weight is 458 g/mol. The van der Waals surface area contributed by atoms with Crippen molar-refractivity contribution >= 4 is 29.0 Å². The minimum absolute atomic E-state index is 0.119. The molecule has 3 heterocycles. The molecule has 1 aliphatic heterocycles. The molecule has 0 saturated heterocycles. The lowest BCUT2D eigenvalue weighted by Crippen LogP contribution is -2.40. The van der Waals surface area contributed by atoms with Crippen molar-refractivity contribution in [2.45, 2.75) is 32.6 Å². The lowest BCUT2D eigenvalue weighted by molar-refractivity contribution is -0.122. The fraction of sp³-hybridized carbons (Fsp3) is 0.269. The van der Waals surface area contributed by atoms with Crippen LogP contribution in [-0.4, -0.2) is 34.1 Å². The summed E-state index contributed by atoms with van der Waals surface area (Å²) in [6, 6.07) is 11.7. The number of fused-ring (bicyclic) bond motifs is 3. The van der Waals surface area contributed by atoms with Gasteiger partial charge >= 0.3 is 0 Å². The van der Waals surface area contributed by atoms with E-state index in [9.17, 15) is 14.4 Å². The molecule has 172 valence electrons. The molecule has 8 heteroatoms. The summed E-state index contributed by atoms with van der Waals surface area (Å²) < 4.78 is 15.1. The monoisotopic (exact) mass is 458 g/mol. The number of rotatable bonds is 5. The van der Waals surface area contributed by atoms with Crippen LogP contribution in [0.2, 0.25) is 0 Å². The standard InChI is InChI=1S/C26H23FN4O3/c1-14-12-20-22(25(27)29-14)19-4-3-11-28-23(19)15(2)26(34)31(20)13-21(32)30-18-9-7-17(8-10-18)24(33)16-5-6-16/h3-4,7-12,15-16H,5-6,13H2,1-2H3,(H,30,32)/t15-/m1/s1. The van der Waals surface area contributed by atoms with Gasteiger partial charge in [0.15, 0.2) is 5.78 Å². The fourth-order valence-electron chi connectivity index (χ4n) is 4.33. The van der Waals surface area contributed by atoms with E-state index in [1.807, 2.05) is 0 Å². The maximum absolute atomic E-state index is 15.1. The van der Waals surface area contributed by atoms with Crippen LogP contribution in [0.1, 0.15) is 47.4 Å². The van der Waals surface area contributed by atoms with Crippen LogP contribution in [0.25, 0.3) is 11.1 Å². The van der Waals surface area contributed by atoms with Gasteiger partial charge in [-0.1, -0.05) is 6.07 Å². The van der Waals surface area contributed by atoms with Crippen LogP contribution in [0.3, 0.4) is 0 Å². The lowest BCUT2D eigenvalue weighted by Gasteiger charge is -2.24. The zero-order valence-electron chi connectivity index (χ0n) is 18.8. The molecule has 2 aliphatic rings. The van der Waals surface area contributed by atoms with E-state index in [-0.39, 0.29) is 35.4 Å². The van der Waals surface area contributed by atoms with Gasteiger partial charge < -0.3 is 10.2 Å². The number of halogens is 1. The summed E-state index contributed by atoms with van der Waals surface area (Å²) in [5, 5.41) is 2.77. The average Bonchev–Trinajstić information content (AvgIpc) is 3.67. The summed E-state index contributed by atoms with van der Waals surface area (Å²) in [6.45, 7) is 3.02. The molecule has 0 unspecified atom stereocenters. The topological polar surface area (TPSA) is 92.3 Å². The van der Waals surface area contributed by atoms with Crippen molar-refractivity contribution in [1.82, 2.24) is 9.97 Å². The predicted molar refractivity (Wildman–Crippen MR) is 125 cm³/mol. The van der Waals surface area contributed by atoms with Gasteiger partial charge in [0, 0.05) is 34.6 Å². The van der Waals surface area contributed by atoms with E-state index in [4.69, 9.17) is 0 Å². The molecule has 1 N–H and O–H groups in total. The summed E-state index contributed by atoms with van der Waals surface area (Å²) in [5.41, 5.74) is 2.89. The number of aryl methyl sites for hydroxylation is 1. The summed E-state index contributed by atoms with van der Waals surface area (Å²) in [4.78, 5) is 48.1. The van der Waals surface area contributed by atoms with Gasteiger partial charge in [-0.15, -0.1) is 0 Å². The maximum Gasteiger partial charge on any atom is 0.244 e. The molecule has 1 aliphatic carbocycles. The highest BCUT2D eigenvalue weighted by molar-refractivity contribution is 6.09. The molecule has 7 nitrogen and oxygen atoms in total. The number of pyridine rings is 2. The van der Waals surface area contributed by atoms with E-state index in [0.717, 1.165) is 12.8 Å². The SMILES string of the molecule is Cc1cc2c(c(F)n1)-c1cccnc1[C@@H](C)C(=O)N2CC(=O)Nc1ccc(C(=O)C2CC2)cc1. The summed E-state index contributed by atoms with van der Waals surface area (Å²) >= 11 is 0. The molecule has 34 heavy (non-hydrogen) atoms. The van der Waals surface area contributed by atoms with Crippen molar-refractivity contribution < 1.29 is 18.8 Å². The highest BCUT2D eigenvalue weighted by Gasteiger charge is 2.35. The van der Waals surface area contributed by atoms with Crippen LogP contribution in [0.15, 0.2) is 48.7 Å². The summed E-state index contributed by atoms with van der Waals surface area (Å²) in [5.74, 6) is -1.95. The van der Waals surface area contributed by atoms with Crippen molar-refractivity contribution in [2.75, 3.05) is 16.8 Å². The molecule has 0 radical (unpaired) electrons. The summed E-state index contributed by atoms with van der Waals surface area (Å²) in [7, 11) is 0. The highest BCUT2D eigenvalue weighted by atomic mass is 19.1. The van der Waals surface area contributed by atoms with Crippen molar-refractivity contribution in [3.05, 3.63) is 71.6 Å². The van der Waals surface area contributed by atoms with Crippen molar-refractivity contribution in [3.63, 3.8) is 0 Å². The first-order valence-corrected chi connectivity index (χ1v) is 11.2. The Hall–Kier alpha value is -3.94. The zero-order chi connectivity index (χ0) is 24.0. The fourth-order valence-corrected chi connectivity index (χ4v) is 4.33. The first-order chi connectivity index (χ1) is 16.3. The molecular formula is C26H23FN4O3. The zero-order valence-corrected chi connectivity index (χ0v) is 18.8. The summed E-state index contributed by atoms with van der Waals surface area (Å²) in [6.07, 6.45) is 3.41. The number of Topliss-reactive ketones (excluding diaryl/α,β-unsaturated/α-hetero) is 1. The molecule has 5 rings (SSSR count). The maximum atomic E-state index is 15.1. The van der Waals surface area contributed by atoms with E-state index in [0.29, 0.717) is 28.2 Å². The third-order valence-electron chi connectivity index (χ3n) is 6.23. The van der Waals surface area contributed by atoms with Gasteiger partial charge in [-0.2, -0.15) is 4.39 Å². The number of hydrogen-bond acceptors (Lipinski definition) is 5. The normalized spacial score (nSPS) is 17.0. The van der Waals surface area contributed by atoms with E-state index >= 15 is 4.39 Å². The van der Waals surface area contributed by atoms with E-state index in [2.05, 4.69) is 15.3 Å². The van der Waals surface area contributed by atoms with Crippen LogP contribution in [0, 0.1) is 18.8 Å². The number of hydrogen-bond donors (Lipinski definition) is 1. The largest absolute Gasteiger partial charge is 0.325 e. The second-order valence-electron chi connectivity index (χ2n) is 8.79. The van der Waals surface area contributed by atoms with E-state index in [1.54, 1.807) is 62.5 Å². The number of nitrogens with one attached hydrogen (secondary N) is 1. The Bertz CT molecular complexity index is 1320. The Kier molecular flexibility index (Phi) is 5.43. The molecule has 1 atom stereocenters. The molecule has 0 spiro atoms. The van der Waals surface area contributed by atoms with Crippen LogP contribution >= 0.6 is 0 Å². The van der Waals surface area contributed by atoms with Gasteiger partial charge in [-0.25, -0.2) is 4.98 Å². The quantitative estimate of drug-likeness (QED) is 0.455. The first kappa shape index (κ1) is 21.9. The molecule has 1 fully saturated rings. The number of amides is 2. The second-order valence-corrected chi connectivity index (χ2v) is 8.79. The number of aromatic nitrogens is 2. The Morgan fingerprint density at radius 2 is 1.91 bits per heavy atom. The Balaban J connectivity index is 1.44. The van der Waals surface area contributed by atoms with E-state index < -0.39 is 17.8 Å². The number of anilines is 2. The molecule has 2 aromatic heterocycles. The Labute approximate surface area is 196 Å². The second kappa shape index (κ2) is 8.44. The van der Waals surface area contributed by atoms with Gasteiger partial charge in [0.1, 0.15) is 6.54 Å². The van der Waals surface area contributed by atoms with Gasteiger partial charge in [0.2, 0.25) is 17.8 Å². The van der Waals surface area contributed by atoms with Crippen LogP contribution in [-0.2, 0) is 9.59 Å². The Morgan fingerprint density at radius 1 is 1.18 bits per heavy atom. The third kappa shape index (κ3) is 3.96. The van der Waals surface area contributed by atoms with Crippen molar-refractivity contribution in [3.8, 4) is 11.1 Å². The van der Waals surface area contributed by atoms with Crippen molar-refractivity contribution in [2.24, 2.45) is 5.92 Å². The number of ketones is 1. The van der Waals surface area contributed by atoms with Crippen LogP contribution in [0.4, 0.5) is 15.8 Å². The lowest BCUT2D eigenvalue weighted by atomic mass is 9.98. The van der Waals surface area contributed by atoms with Gasteiger partial charge in [0.05, 0.1) is 22.9 Å². The molecule has 1 saturated carbocycles. The predicted octanol–water partition coefficient (Wildman–Crippen LogP) is 4.27. The molecule has 3 aromatic rings. The van der Waals surface area contributed by atoms with Crippen molar-refractivity contribution in [1.29, 1.82) is 0 Å². The third-order valence-corrected chi connectivity index (χ3v) is 6.23. The van der Waals surface area contributed by atoms with Gasteiger partial charge in [-0.05, 0) is 63.1 Å². The molecule has 2 amide bonds. The molecular weight excluding hydrogens is 435 g/mol. The Morgan fingerprint density at radius 3 is 2.62 bits per heavy atom. The number of nitrogens with zero attached hydrogens (tertiary/aromatic N) is 3. The number of carbonyl (C=O) groups excluding carboxylic acids is 3. The van der Waals surface area contributed by atoms with Gasteiger partial charge in [-0.3, -0.25) is 19.4 Å². The highest BCUT2D eigenvalue weighted by Crippen LogP contribution is 2.41.